The first kappa shape index (κ1) is 11.6. The highest BCUT2D eigenvalue weighted by Crippen LogP contribution is 2.09. The molecule has 0 aromatic heterocycles. The lowest BCUT2D eigenvalue weighted by Crippen LogP contribution is -2.47. The fourth-order valence-electron chi connectivity index (χ4n) is 1.52. The molecule has 0 spiro atoms. The number of hydrogen-bond acceptors (Lipinski definition) is 5. The van der Waals surface area contributed by atoms with Gasteiger partial charge in [0.1, 0.15) is 6.26 Å². The number of halogens is 1. The van der Waals surface area contributed by atoms with Gasteiger partial charge in [0.25, 0.3) is 0 Å². The van der Waals surface area contributed by atoms with Crippen LogP contribution in [0.5, 0.6) is 0 Å². The normalized spacial score (nSPS) is 28.1. The van der Waals surface area contributed by atoms with Crippen LogP contribution in [0.25, 0.3) is 0 Å². The van der Waals surface area contributed by atoms with E-state index in [4.69, 9.17) is 9.57 Å². The number of hydrazine groups is 2. The Labute approximate surface area is 89.9 Å². The molecule has 1 N–H and O–H groups in total. The zero-order valence-corrected chi connectivity index (χ0v) is 9.00. The van der Waals surface area contributed by atoms with Crippen LogP contribution in [-0.4, -0.2) is 35.9 Å². The molecule has 1 saturated heterocycles. The first-order chi connectivity index (χ1) is 6.36. The summed E-state index contributed by atoms with van der Waals surface area (Å²) in [6.07, 6.45) is 4.81. The Hall–Kier alpha value is -0.490. The van der Waals surface area contributed by atoms with E-state index < -0.39 is 0 Å². The topological polar surface area (TPSA) is 37.0 Å². The van der Waals surface area contributed by atoms with E-state index in [2.05, 4.69) is 17.5 Å². The van der Waals surface area contributed by atoms with Crippen molar-refractivity contribution in [1.29, 1.82) is 0 Å². The summed E-state index contributed by atoms with van der Waals surface area (Å²) >= 11 is 0. The van der Waals surface area contributed by atoms with Crippen LogP contribution in [0.4, 0.5) is 0 Å². The zero-order chi connectivity index (χ0) is 9.10. The molecule has 6 heteroatoms. The predicted molar refractivity (Wildman–Crippen MR) is 54.1 cm³/mol. The van der Waals surface area contributed by atoms with Gasteiger partial charge >= 0.3 is 0 Å². The Balaban J connectivity index is 0.000000980. The lowest BCUT2D eigenvalue weighted by atomic mass is 10.4. The molecule has 5 nitrogen and oxygen atoms in total. The van der Waals surface area contributed by atoms with Crippen LogP contribution < -0.4 is 5.59 Å². The Morgan fingerprint density at radius 1 is 1.50 bits per heavy atom. The van der Waals surface area contributed by atoms with Crippen LogP contribution in [0.3, 0.4) is 0 Å². The Kier molecular flexibility index (Phi) is 4.47. The molecule has 0 aromatic rings. The van der Waals surface area contributed by atoms with Gasteiger partial charge in [0.2, 0.25) is 0 Å². The van der Waals surface area contributed by atoms with E-state index in [0.717, 1.165) is 26.1 Å². The summed E-state index contributed by atoms with van der Waals surface area (Å²) in [5.41, 5.74) is 2.77. The van der Waals surface area contributed by atoms with Gasteiger partial charge in [0.05, 0.1) is 12.3 Å². The fraction of sp³-hybridized carbons (Fsp3) is 0.750. The van der Waals surface area contributed by atoms with Gasteiger partial charge in [-0.1, -0.05) is 5.59 Å². The van der Waals surface area contributed by atoms with E-state index in [-0.39, 0.29) is 18.5 Å². The van der Waals surface area contributed by atoms with E-state index in [1.165, 1.54) is 0 Å². The van der Waals surface area contributed by atoms with Crippen LogP contribution in [0, 0.1) is 0 Å². The summed E-state index contributed by atoms with van der Waals surface area (Å²) in [5.74, 6) is 0. The lowest BCUT2D eigenvalue weighted by molar-refractivity contribution is -0.109. The van der Waals surface area contributed by atoms with E-state index in [9.17, 15) is 0 Å². The van der Waals surface area contributed by atoms with Gasteiger partial charge in [-0.3, -0.25) is 0 Å². The van der Waals surface area contributed by atoms with Crippen molar-refractivity contribution in [3.63, 3.8) is 0 Å². The summed E-state index contributed by atoms with van der Waals surface area (Å²) in [6, 6.07) is 0. The highest BCUT2D eigenvalue weighted by Gasteiger charge is 2.20. The number of ether oxygens (including phenoxy) is 1. The van der Waals surface area contributed by atoms with Crippen molar-refractivity contribution in [2.45, 2.75) is 19.4 Å². The molecule has 0 saturated carbocycles. The molecule has 2 aliphatic heterocycles. The summed E-state index contributed by atoms with van der Waals surface area (Å²) in [7, 11) is 0. The van der Waals surface area contributed by atoms with Crippen molar-refractivity contribution < 1.29 is 9.57 Å². The molecule has 1 unspecified atom stereocenters. The molecular weight excluding hydrogens is 206 g/mol. The second-order valence-electron chi connectivity index (χ2n) is 3.29. The third-order valence-corrected chi connectivity index (χ3v) is 2.15. The highest BCUT2D eigenvalue weighted by atomic mass is 35.5. The van der Waals surface area contributed by atoms with Crippen molar-refractivity contribution in [3.8, 4) is 0 Å². The number of hydrogen-bond donors (Lipinski definition) is 1. The minimum atomic E-state index is 0. The quantitative estimate of drug-likeness (QED) is 0.704. The largest absolute Gasteiger partial charge is 0.394 e. The van der Waals surface area contributed by atoms with Crippen LogP contribution in [0.1, 0.15) is 13.3 Å². The Morgan fingerprint density at radius 2 is 2.36 bits per heavy atom. The number of nitrogens with zero attached hydrogens (tertiary/aromatic N) is 2. The molecule has 14 heavy (non-hydrogen) atoms. The molecule has 1 fully saturated rings. The van der Waals surface area contributed by atoms with E-state index in [0.29, 0.717) is 0 Å². The van der Waals surface area contributed by atoms with Crippen molar-refractivity contribution >= 4 is 12.4 Å². The SMILES string of the molecule is CC1CN(N2C=CON2)CCCO1.Cl. The Bertz CT molecular complexity index is 203. The standard InChI is InChI=1S/C8H15N3O2.ClH/c1-8-7-10(3-2-5-12-8)11-4-6-13-9-11;/h4,6,8-9H,2-3,5,7H2,1H3;1H. The van der Waals surface area contributed by atoms with Crippen LogP contribution >= 0.6 is 12.4 Å². The van der Waals surface area contributed by atoms with E-state index in [1.54, 1.807) is 6.26 Å². The van der Waals surface area contributed by atoms with Gasteiger partial charge in [-0.15, -0.1) is 12.4 Å². The molecule has 0 bridgehead atoms. The van der Waals surface area contributed by atoms with Crippen molar-refractivity contribution in [2.75, 3.05) is 19.7 Å². The molecule has 0 amide bonds. The monoisotopic (exact) mass is 221 g/mol. The Morgan fingerprint density at radius 3 is 3.07 bits per heavy atom. The smallest absolute Gasteiger partial charge is 0.132 e. The van der Waals surface area contributed by atoms with Gasteiger partial charge in [0.15, 0.2) is 0 Å². The summed E-state index contributed by atoms with van der Waals surface area (Å²) in [6.45, 7) is 4.81. The highest BCUT2D eigenvalue weighted by molar-refractivity contribution is 5.85. The number of rotatable bonds is 1. The van der Waals surface area contributed by atoms with Gasteiger partial charge in [-0.25, -0.2) is 10.1 Å². The molecule has 1 atom stereocenters. The zero-order valence-electron chi connectivity index (χ0n) is 8.18. The number of nitrogens with one attached hydrogen (secondary N) is 1. The molecule has 0 aromatic carbocycles. The molecule has 0 aliphatic carbocycles. The van der Waals surface area contributed by atoms with Gasteiger partial charge in [-0.05, 0) is 13.3 Å². The molecule has 2 heterocycles. The van der Waals surface area contributed by atoms with Crippen LogP contribution in [-0.2, 0) is 9.57 Å². The van der Waals surface area contributed by atoms with Crippen LogP contribution in [0.15, 0.2) is 12.5 Å². The van der Waals surface area contributed by atoms with Crippen molar-refractivity contribution in [3.05, 3.63) is 12.5 Å². The average molecular weight is 222 g/mol. The van der Waals surface area contributed by atoms with Crippen molar-refractivity contribution in [1.82, 2.24) is 15.7 Å². The predicted octanol–water partition coefficient (Wildman–Crippen LogP) is 0.657. The molecule has 0 radical (unpaired) electrons. The van der Waals surface area contributed by atoms with Gasteiger partial charge in [-0.2, -0.15) is 0 Å². The molecule has 2 rings (SSSR count). The summed E-state index contributed by atoms with van der Waals surface area (Å²) < 4.78 is 5.53. The molecular formula is C8H16ClN3O2. The van der Waals surface area contributed by atoms with Gasteiger partial charge in [0, 0.05) is 19.7 Å². The minimum absolute atomic E-state index is 0. The average Bonchev–Trinajstić information content (AvgIpc) is 2.56. The maximum atomic E-state index is 5.53. The minimum Gasteiger partial charge on any atom is -0.394 e. The van der Waals surface area contributed by atoms with Gasteiger partial charge < -0.3 is 9.57 Å². The maximum absolute atomic E-state index is 5.53. The first-order valence-electron chi connectivity index (χ1n) is 4.60. The molecule has 82 valence electrons. The second-order valence-corrected chi connectivity index (χ2v) is 3.29. The first-order valence-corrected chi connectivity index (χ1v) is 4.60. The second kappa shape index (κ2) is 5.41. The lowest BCUT2D eigenvalue weighted by Gasteiger charge is -2.29. The van der Waals surface area contributed by atoms with E-state index in [1.807, 2.05) is 11.3 Å². The van der Waals surface area contributed by atoms with Crippen LogP contribution in [0.2, 0.25) is 0 Å². The molecule has 2 aliphatic rings. The van der Waals surface area contributed by atoms with Crippen molar-refractivity contribution in [2.24, 2.45) is 0 Å². The van der Waals surface area contributed by atoms with E-state index >= 15 is 0 Å². The summed E-state index contributed by atoms with van der Waals surface area (Å²) in [4.78, 5) is 4.90. The third kappa shape index (κ3) is 2.75. The summed E-state index contributed by atoms with van der Waals surface area (Å²) in [5, 5.41) is 4.02. The third-order valence-electron chi connectivity index (χ3n) is 2.15. The maximum Gasteiger partial charge on any atom is 0.132 e. The fourth-order valence-corrected chi connectivity index (χ4v) is 1.52.